The van der Waals surface area contributed by atoms with Crippen LogP contribution in [0.1, 0.15) is 54.1 Å². The number of hydrogen-bond donors (Lipinski definition) is 2. The first-order chi connectivity index (χ1) is 14.2. The van der Waals surface area contributed by atoms with Gasteiger partial charge < -0.3 is 5.32 Å². The first-order valence-corrected chi connectivity index (χ1v) is 12.2. The number of sulfonamides is 1. The number of benzene rings is 2. The van der Waals surface area contributed by atoms with Crippen molar-refractivity contribution in [1.29, 1.82) is 0 Å². The van der Waals surface area contributed by atoms with Crippen molar-refractivity contribution >= 4 is 21.6 Å². The van der Waals surface area contributed by atoms with Crippen molar-refractivity contribution in [3.63, 3.8) is 0 Å². The summed E-state index contributed by atoms with van der Waals surface area (Å²) in [6.45, 7) is 5.92. The van der Waals surface area contributed by atoms with Gasteiger partial charge >= 0.3 is 0 Å². The van der Waals surface area contributed by atoms with Gasteiger partial charge in [-0.2, -0.15) is 0 Å². The van der Waals surface area contributed by atoms with E-state index in [0.717, 1.165) is 23.0 Å². The van der Waals surface area contributed by atoms with Gasteiger partial charge in [-0.15, -0.1) is 0 Å². The van der Waals surface area contributed by atoms with Crippen LogP contribution in [-0.4, -0.2) is 20.4 Å². The molecule has 2 saturated carbocycles. The van der Waals surface area contributed by atoms with Gasteiger partial charge in [0, 0.05) is 11.6 Å². The van der Waals surface area contributed by atoms with Crippen LogP contribution in [0.5, 0.6) is 0 Å². The van der Waals surface area contributed by atoms with Crippen LogP contribution in [0.3, 0.4) is 0 Å². The Bertz CT molecular complexity index is 1050. The number of rotatable bonds is 6. The Morgan fingerprint density at radius 2 is 1.77 bits per heavy atom. The Labute approximate surface area is 179 Å². The predicted octanol–water partition coefficient (Wildman–Crippen LogP) is 4.66. The highest BCUT2D eigenvalue weighted by atomic mass is 32.2. The molecule has 2 N–H and O–H groups in total. The van der Waals surface area contributed by atoms with Gasteiger partial charge in [-0.3, -0.25) is 9.52 Å². The lowest BCUT2D eigenvalue weighted by Gasteiger charge is -2.28. The Morgan fingerprint density at radius 1 is 1.03 bits per heavy atom. The molecular weight excluding hydrogens is 396 g/mol. The van der Waals surface area contributed by atoms with E-state index in [1.807, 2.05) is 26.0 Å². The number of aryl methyl sites for hydroxylation is 1. The highest BCUT2D eigenvalue weighted by Gasteiger charge is 2.42. The fourth-order valence-electron chi connectivity index (χ4n) is 5.15. The molecule has 0 radical (unpaired) electrons. The van der Waals surface area contributed by atoms with Crippen molar-refractivity contribution in [3.05, 3.63) is 59.2 Å². The molecule has 0 spiro atoms. The number of fused-ring (bicyclic) bond motifs is 2. The largest absolute Gasteiger partial charge is 0.349 e. The van der Waals surface area contributed by atoms with Crippen molar-refractivity contribution < 1.29 is 13.2 Å². The third-order valence-electron chi connectivity index (χ3n) is 7.07. The van der Waals surface area contributed by atoms with E-state index in [4.69, 9.17) is 0 Å². The average molecular weight is 427 g/mol. The van der Waals surface area contributed by atoms with Crippen LogP contribution in [0.4, 0.5) is 5.69 Å². The summed E-state index contributed by atoms with van der Waals surface area (Å²) in [6, 6.07) is 11.8. The fourth-order valence-corrected chi connectivity index (χ4v) is 6.28. The van der Waals surface area contributed by atoms with Crippen molar-refractivity contribution in [2.24, 2.45) is 17.8 Å². The summed E-state index contributed by atoms with van der Waals surface area (Å²) in [4.78, 5) is 12.8. The number of carbonyl (C=O) groups excluding carboxylic acids is 1. The van der Waals surface area contributed by atoms with Crippen LogP contribution >= 0.6 is 0 Å². The summed E-state index contributed by atoms with van der Waals surface area (Å²) >= 11 is 0. The summed E-state index contributed by atoms with van der Waals surface area (Å²) in [5.41, 5.74) is 2.96. The first-order valence-electron chi connectivity index (χ1n) is 10.7. The van der Waals surface area contributed by atoms with E-state index in [9.17, 15) is 13.2 Å². The molecule has 0 aliphatic heterocycles. The zero-order chi connectivity index (χ0) is 21.5. The molecule has 2 aromatic rings. The second-order valence-electron chi connectivity index (χ2n) is 8.98. The number of amides is 1. The predicted molar refractivity (Wildman–Crippen MR) is 119 cm³/mol. The maximum atomic E-state index is 12.8. The Hall–Kier alpha value is -2.34. The van der Waals surface area contributed by atoms with Gasteiger partial charge in [0.2, 0.25) is 0 Å². The van der Waals surface area contributed by atoms with E-state index in [0.29, 0.717) is 17.2 Å². The molecule has 2 fully saturated rings. The summed E-state index contributed by atoms with van der Waals surface area (Å²) in [6.07, 6.45) is 5.15. The minimum atomic E-state index is -3.72. The molecule has 0 aromatic heterocycles. The molecule has 4 atom stereocenters. The third-order valence-corrected chi connectivity index (χ3v) is 8.45. The molecule has 30 heavy (non-hydrogen) atoms. The molecule has 4 rings (SSSR count). The lowest BCUT2D eigenvalue weighted by Crippen LogP contribution is -2.40. The monoisotopic (exact) mass is 426 g/mol. The van der Waals surface area contributed by atoms with E-state index in [1.165, 1.54) is 37.8 Å². The van der Waals surface area contributed by atoms with Crippen molar-refractivity contribution in [2.45, 2.75) is 57.4 Å². The SMILES string of the molecule is Cc1cccc(NS(=O)(=O)c2ccc(C(=O)NC(C)C3CC4CCC3C4)cc2)c1C. The van der Waals surface area contributed by atoms with Crippen molar-refractivity contribution in [1.82, 2.24) is 5.32 Å². The van der Waals surface area contributed by atoms with Gasteiger partial charge in [-0.25, -0.2) is 8.42 Å². The highest BCUT2D eigenvalue weighted by Crippen LogP contribution is 2.49. The first kappa shape index (κ1) is 20.9. The maximum absolute atomic E-state index is 12.8. The Balaban J connectivity index is 1.42. The molecule has 2 bridgehead atoms. The Kier molecular flexibility index (Phi) is 5.62. The van der Waals surface area contributed by atoms with Gasteiger partial charge in [0.15, 0.2) is 0 Å². The van der Waals surface area contributed by atoms with Gasteiger partial charge in [-0.05, 0) is 99.2 Å². The molecule has 6 heteroatoms. The lowest BCUT2D eigenvalue weighted by molar-refractivity contribution is 0.0915. The molecule has 1 amide bonds. The molecule has 5 nitrogen and oxygen atoms in total. The second kappa shape index (κ2) is 8.06. The summed E-state index contributed by atoms with van der Waals surface area (Å²) < 4.78 is 28.2. The van der Waals surface area contributed by atoms with Crippen LogP contribution in [0.25, 0.3) is 0 Å². The molecule has 2 aliphatic rings. The van der Waals surface area contributed by atoms with Gasteiger partial charge in [0.1, 0.15) is 0 Å². The van der Waals surface area contributed by atoms with Crippen LogP contribution < -0.4 is 10.0 Å². The molecule has 0 saturated heterocycles. The van der Waals surface area contributed by atoms with Crippen LogP contribution in [-0.2, 0) is 10.0 Å². The molecular formula is C24H30N2O3S. The molecule has 160 valence electrons. The van der Waals surface area contributed by atoms with E-state index in [1.54, 1.807) is 18.2 Å². The van der Waals surface area contributed by atoms with E-state index in [-0.39, 0.29) is 16.8 Å². The number of nitrogens with one attached hydrogen (secondary N) is 2. The summed E-state index contributed by atoms with van der Waals surface area (Å²) in [5, 5.41) is 3.13. The molecule has 2 aromatic carbocycles. The van der Waals surface area contributed by atoms with Crippen molar-refractivity contribution in [2.75, 3.05) is 4.72 Å². The highest BCUT2D eigenvalue weighted by molar-refractivity contribution is 7.92. The van der Waals surface area contributed by atoms with Crippen LogP contribution in [0.2, 0.25) is 0 Å². The second-order valence-corrected chi connectivity index (χ2v) is 10.7. The minimum absolute atomic E-state index is 0.140. The third kappa shape index (κ3) is 4.10. The summed E-state index contributed by atoms with van der Waals surface area (Å²) in [5.74, 6) is 2.01. The zero-order valence-electron chi connectivity index (χ0n) is 17.8. The summed E-state index contributed by atoms with van der Waals surface area (Å²) in [7, 11) is -3.72. The number of anilines is 1. The molecule has 0 heterocycles. The molecule has 4 unspecified atom stereocenters. The zero-order valence-corrected chi connectivity index (χ0v) is 18.6. The lowest BCUT2D eigenvalue weighted by atomic mass is 9.84. The maximum Gasteiger partial charge on any atom is 0.261 e. The fraction of sp³-hybridized carbons (Fsp3) is 0.458. The van der Waals surface area contributed by atoms with Gasteiger partial charge in [-0.1, -0.05) is 18.6 Å². The van der Waals surface area contributed by atoms with E-state index < -0.39 is 10.0 Å². The quantitative estimate of drug-likeness (QED) is 0.705. The van der Waals surface area contributed by atoms with Crippen LogP contribution in [0.15, 0.2) is 47.4 Å². The van der Waals surface area contributed by atoms with Gasteiger partial charge in [0.05, 0.1) is 10.6 Å². The number of carbonyl (C=O) groups is 1. The standard InChI is InChI=1S/C24H30N2O3S/c1-15-5-4-6-23(16(15)2)26-30(28,29)21-11-9-19(10-12-21)24(27)25-17(3)22-14-18-7-8-20(22)13-18/h4-6,9-12,17-18,20,22,26H,7-8,13-14H2,1-3H3,(H,25,27). The van der Waals surface area contributed by atoms with E-state index in [2.05, 4.69) is 17.0 Å². The Morgan fingerprint density at radius 3 is 2.40 bits per heavy atom. The normalized spacial score (nSPS) is 23.9. The van der Waals surface area contributed by atoms with Crippen molar-refractivity contribution in [3.8, 4) is 0 Å². The smallest absolute Gasteiger partial charge is 0.261 e. The minimum Gasteiger partial charge on any atom is -0.349 e. The molecule has 2 aliphatic carbocycles. The van der Waals surface area contributed by atoms with E-state index >= 15 is 0 Å². The topological polar surface area (TPSA) is 75.3 Å². The van der Waals surface area contributed by atoms with Crippen LogP contribution in [0, 0.1) is 31.6 Å². The van der Waals surface area contributed by atoms with Gasteiger partial charge in [0.25, 0.3) is 15.9 Å². The average Bonchev–Trinajstić information content (AvgIpc) is 3.35. The number of hydrogen-bond acceptors (Lipinski definition) is 3.